The van der Waals surface area contributed by atoms with E-state index in [1.807, 2.05) is 30.3 Å². The van der Waals surface area contributed by atoms with Gasteiger partial charge in [-0.3, -0.25) is 4.79 Å². The zero-order chi connectivity index (χ0) is 15.5. The van der Waals surface area contributed by atoms with Crippen LogP contribution in [-0.2, 0) is 0 Å². The molecular formula is C16H13ClN2O3. The number of fused-ring (bicyclic) bond motifs is 1. The molecule has 0 amide bonds. The van der Waals surface area contributed by atoms with Gasteiger partial charge in [0.1, 0.15) is 5.38 Å². The fraction of sp³-hybridized carbons (Fsp3) is 0.125. The first-order chi connectivity index (χ1) is 10.7. The van der Waals surface area contributed by atoms with E-state index in [0.29, 0.717) is 11.1 Å². The molecule has 0 bridgehead atoms. The first-order valence-corrected chi connectivity index (χ1v) is 7.18. The molecule has 5 nitrogen and oxygen atoms in total. The van der Waals surface area contributed by atoms with E-state index in [1.165, 1.54) is 0 Å². The van der Waals surface area contributed by atoms with Crippen LogP contribution in [0.1, 0.15) is 4.79 Å². The highest BCUT2D eigenvalue weighted by Crippen LogP contribution is 2.14. The summed E-state index contributed by atoms with van der Waals surface area (Å²) in [6.45, 7) is 0.205. The SMILES string of the molecule is O=C(C(Cl)CNc1ccccc1)n1c(=O)oc2ccccc21. The lowest BCUT2D eigenvalue weighted by Gasteiger charge is -2.11. The smallest absolute Gasteiger partial charge is 0.407 e. The van der Waals surface area contributed by atoms with Crippen LogP contribution in [0.3, 0.4) is 0 Å². The Morgan fingerprint density at radius 3 is 2.59 bits per heavy atom. The molecule has 22 heavy (non-hydrogen) atoms. The largest absolute Gasteiger partial charge is 0.426 e. The van der Waals surface area contributed by atoms with E-state index in [9.17, 15) is 9.59 Å². The van der Waals surface area contributed by atoms with Gasteiger partial charge in [0.15, 0.2) is 5.58 Å². The second-order valence-electron chi connectivity index (χ2n) is 4.72. The van der Waals surface area contributed by atoms with Gasteiger partial charge in [-0.1, -0.05) is 30.3 Å². The third-order valence-electron chi connectivity index (χ3n) is 3.23. The molecule has 3 rings (SSSR count). The van der Waals surface area contributed by atoms with E-state index in [0.717, 1.165) is 10.3 Å². The summed E-state index contributed by atoms with van der Waals surface area (Å²) < 4.78 is 6.01. The van der Waals surface area contributed by atoms with E-state index in [4.69, 9.17) is 16.0 Å². The zero-order valence-electron chi connectivity index (χ0n) is 11.5. The summed E-state index contributed by atoms with van der Waals surface area (Å²) in [4.78, 5) is 24.2. The minimum atomic E-state index is -0.890. The number of nitrogens with zero attached hydrogens (tertiary/aromatic N) is 1. The van der Waals surface area contributed by atoms with Gasteiger partial charge in [0.25, 0.3) is 5.91 Å². The fourth-order valence-electron chi connectivity index (χ4n) is 2.17. The highest BCUT2D eigenvalue weighted by atomic mass is 35.5. The molecule has 0 aliphatic heterocycles. The van der Waals surface area contributed by atoms with Crippen LogP contribution in [0.5, 0.6) is 0 Å². The number of para-hydroxylation sites is 3. The molecule has 0 radical (unpaired) electrons. The Morgan fingerprint density at radius 1 is 1.14 bits per heavy atom. The Labute approximate surface area is 131 Å². The van der Waals surface area contributed by atoms with Gasteiger partial charge in [0.05, 0.1) is 5.52 Å². The number of alkyl halides is 1. The molecule has 3 aromatic rings. The highest BCUT2D eigenvalue weighted by Gasteiger charge is 2.22. The molecule has 1 atom stereocenters. The molecule has 2 aromatic carbocycles. The van der Waals surface area contributed by atoms with E-state index >= 15 is 0 Å². The van der Waals surface area contributed by atoms with Crippen LogP contribution in [-0.4, -0.2) is 22.4 Å². The number of halogens is 1. The van der Waals surface area contributed by atoms with Crippen molar-refractivity contribution in [2.24, 2.45) is 0 Å². The number of anilines is 1. The van der Waals surface area contributed by atoms with Crippen molar-refractivity contribution in [3.05, 3.63) is 65.1 Å². The van der Waals surface area contributed by atoms with Crippen molar-refractivity contribution in [1.82, 2.24) is 4.57 Å². The number of nitrogens with one attached hydrogen (secondary N) is 1. The molecular weight excluding hydrogens is 304 g/mol. The molecule has 0 saturated carbocycles. The number of rotatable bonds is 4. The summed E-state index contributed by atoms with van der Waals surface area (Å²) >= 11 is 6.13. The maximum atomic E-state index is 12.4. The summed E-state index contributed by atoms with van der Waals surface area (Å²) in [6.07, 6.45) is 0. The van der Waals surface area contributed by atoms with Gasteiger partial charge in [0.2, 0.25) is 0 Å². The lowest BCUT2D eigenvalue weighted by molar-refractivity contribution is 0.0907. The third kappa shape index (κ3) is 2.76. The van der Waals surface area contributed by atoms with Crippen molar-refractivity contribution in [2.45, 2.75) is 5.38 Å². The molecule has 0 spiro atoms. The summed E-state index contributed by atoms with van der Waals surface area (Å²) in [6, 6.07) is 16.1. The first kappa shape index (κ1) is 14.4. The number of aromatic nitrogens is 1. The minimum absolute atomic E-state index is 0.205. The summed E-state index contributed by atoms with van der Waals surface area (Å²) in [7, 11) is 0. The van der Waals surface area contributed by atoms with Crippen LogP contribution in [0.15, 0.2) is 63.8 Å². The van der Waals surface area contributed by atoms with Crippen molar-refractivity contribution in [2.75, 3.05) is 11.9 Å². The molecule has 112 valence electrons. The normalized spacial score (nSPS) is 12.2. The minimum Gasteiger partial charge on any atom is -0.407 e. The molecule has 0 saturated heterocycles. The van der Waals surface area contributed by atoms with Crippen molar-refractivity contribution in [3.63, 3.8) is 0 Å². The van der Waals surface area contributed by atoms with E-state index in [1.54, 1.807) is 24.3 Å². The van der Waals surface area contributed by atoms with Gasteiger partial charge in [-0.25, -0.2) is 9.36 Å². The van der Waals surface area contributed by atoms with Gasteiger partial charge in [-0.2, -0.15) is 0 Å². The van der Waals surface area contributed by atoms with E-state index in [-0.39, 0.29) is 6.54 Å². The Kier molecular flexibility index (Phi) is 3.98. The number of hydrogen-bond donors (Lipinski definition) is 1. The lowest BCUT2D eigenvalue weighted by atomic mass is 10.3. The van der Waals surface area contributed by atoms with Gasteiger partial charge in [-0.05, 0) is 24.3 Å². The molecule has 6 heteroatoms. The van der Waals surface area contributed by atoms with Crippen LogP contribution in [0.4, 0.5) is 5.69 Å². The maximum absolute atomic E-state index is 12.4. The maximum Gasteiger partial charge on any atom is 0.426 e. The van der Waals surface area contributed by atoms with Crippen molar-refractivity contribution >= 4 is 34.3 Å². The number of carbonyl (C=O) groups excluding carboxylic acids is 1. The van der Waals surface area contributed by atoms with E-state index in [2.05, 4.69) is 5.32 Å². The topological polar surface area (TPSA) is 64.2 Å². The van der Waals surface area contributed by atoms with Crippen LogP contribution < -0.4 is 11.1 Å². The second-order valence-corrected chi connectivity index (χ2v) is 5.25. The van der Waals surface area contributed by atoms with Gasteiger partial charge < -0.3 is 9.73 Å². The number of oxazole rings is 1. The highest BCUT2D eigenvalue weighted by molar-refractivity contribution is 6.31. The molecule has 1 aromatic heterocycles. The molecule has 0 fully saturated rings. The predicted octanol–water partition coefficient (Wildman–Crippen LogP) is 2.95. The lowest BCUT2D eigenvalue weighted by Crippen LogP contribution is -2.33. The molecule has 1 unspecified atom stereocenters. The molecule has 1 heterocycles. The monoisotopic (exact) mass is 316 g/mol. The average molecular weight is 317 g/mol. The van der Waals surface area contributed by atoms with Gasteiger partial charge >= 0.3 is 5.76 Å². The zero-order valence-corrected chi connectivity index (χ0v) is 12.3. The summed E-state index contributed by atoms with van der Waals surface area (Å²) in [5, 5.41) is 2.17. The van der Waals surface area contributed by atoms with Crippen LogP contribution >= 0.6 is 11.6 Å². The fourth-order valence-corrected chi connectivity index (χ4v) is 2.34. The summed E-state index contributed by atoms with van der Waals surface area (Å²) in [5.74, 6) is -1.24. The van der Waals surface area contributed by atoms with Crippen LogP contribution in [0.2, 0.25) is 0 Å². The van der Waals surface area contributed by atoms with Crippen molar-refractivity contribution < 1.29 is 9.21 Å². The first-order valence-electron chi connectivity index (χ1n) is 6.74. The van der Waals surface area contributed by atoms with Gasteiger partial charge in [0, 0.05) is 12.2 Å². The van der Waals surface area contributed by atoms with Gasteiger partial charge in [-0.15, -0.1) is 11.6 Å². The molecule has 0 aliphatic rings. The quantitative estimate of drug-likeness (QED) is 0.752. The number of benzene rings is 2. The van der Waals surface area contributed by atoms with Crippen molar-refractivity contribution in [3.8, 4) is 0 Å². The Morgan fingerprint density at radius 2 is 1.82 bits per heavy atom. The average Bonchev–Trinajstić information content (AvgIpc) is 2.88. The molecule has 1 N–H and O–H groups in total. The molecule has 0 aliphatic carbocycles. The summed E-state index contributed by atoms with van der Waals surface area (Å²) in [5.41, 5.74) is 1.63. The third-order valence-corrected chi connectivity index (χ3v) is 3.57. The Bertz CT molecular complexity index is 854. The number of carbonyl (C=O) groups is 1. The Hall–Kier alpha value is -2.53. The standard InChI is InChI=1S/C16H13ClN2O3/c17-12(10-18-11-6-2-1-3-7-11)15(20)19-13-8-4-5-9-14(13)22-16(19)21/h1-9,12,18H,10H2. The predicted molar refractivity (Wildman–Crippen MR) is 85.7 cm³/mol. The van der Waals surface area contributed by atoms with Crippen molar-refractivity contribution in [1.29, 1.82) is 0 Å². The number of hydrogen-bond acceptors (Lipinski definition) is 4. The Balaban J connectivity index is 1.80. The van der Waals surface area contributed by atoms with Crippen LogP contribution in [0.25, 0.3) is 11.1 Å². The second kappa shape index (κ2) is 6.07. The van der Waals surface area contributed by atoms with E-state index < -0.39 is 17.0 Å². The van der Waals surface area contributed by atoms with Crippen LogP contribution in [0, 0.1) is 0 Å².